The van der Waals surface area contributed by atoms with Crippen LogP contribution in [0.5, 0.6) is 0 Å². The maximum atomic E-state index is 13.4. The summed E-state index contributed by atoms with van der Waals surface area (Å²) in [5.74, 6) is 0.889. The Morgan fingerprint density at radius 3 is 1.21 bits per heavy atom. The van der Waals surface area contributed by atoms with E-state index in [1.165, 1.54) is 62.4 Å². The predicted octanol–water partition coefficient (Wildman–Crippen LogP) is 8.13. The topological polar surface area (TPSA) is 0 Å². The molecule has 0 nitrogen and oxygen atoms in total. The molecule has 0 amide bonds. The molecule has 0 bridgehead atoms. The molecule has 0 radical (unpaired) electrons. The van der Waals surface area contributed by atoms with E-state index in [0.717, 1.165) is 46.2 Å². The number of hydrogen-bond acceptors (Lipinski definition) is 0. The molecule has 0 N–H and O–H groups in total. The van der Waals surface area contributed by atoms with Gasteiger partial charge in [0.05, 0.1) is 0 Å². The molecule has 1 heterocycles. The summed E-state index contributed by atoms with van der Waals surface area (Å²) in [6.07, 6.45) is -0.902. The van der Waals surface area contributed by atoms with Crippen LogP contribution in [0.25, 0.3) is 34.4 Å². The van der Waals surface area contributed by atoms with Crippen LogP contribution in [0.2, 0.25) is 9.45 Å². The van der Waals surface area contributed by atoms with Gasteiger partial charge in [-0.2, -0.15) is 0 Å². The molecule has 274 valence electrons. The molecular formula is C43H42Cl2F6Ti. The van der Waals surface area contributed by atoms with Crippen molar-refractivity contribution in [3.05, 3.63) is 129 Å². The van der Waals surface area contributed by atoms with Gasteiger partial charge in [-0.15, -0.1) is 0 Å². The summed E-state index contributed by atoms with van der Waals surface area (Å²) in [5, 5.41) is 0. The maximum absolute atomic E-state index is 13.4. The Hall–Kier alpha value is -2.77. The third-order valence-corrected chi connectivity index (χ3v) is 20.8. The molecule has 0 spiro atoms. The van der Waals surface area contributed by atoms with E-state index in [4.69, 9.17) is 0 Å². The van der Waals surface area contributed by atoms with Gasteiger partial charge in [-0.05, 0) is 0 Å². The average Bonchev–Trinajstić information content (AvgIpc) is 3.57. The first-order valence-corrected chi connectivity index (χ1v) is 21.7. The zero-order valence-electron chi connectivity index (χ0n) is 29.6. The molecule has 9 heteroatoms. The second kappa shape index (κ2) is 15.2. The van der Waals surface area contributed by atoms with Crippen molar-refractivity contribution in [2.75, 3.05) is 0 Å². The van der Waals surface area contributed by atoms with E-state index in [0.29, 0.717) is 20.3 Å². The van der Waals surface area contributed by atoms with Crippen molar-refractivity contribution in [1.29, 1.82) is 0 Å². The van der Waals surface area contributed by atoms with Gasteiger partial charge in [-0.3, -0.25) is 0 Å². The van der Waals surface area contributed by atoms with Crippen LogP contribution in [0.15, 0.2) is 96.1 Å². The number of allylic oxidation sites excluding steroid dienone is 2. The van der Waals surface area contributed by atoms with Crippen LogP contribution in [-0.4, -0.2) is 0 Å². The molecule has 2 atom stereocenters. The number of alkyl halides is 6. The number of hydrogen-bond donors (Lipinski definition) is 0. The van der Waals surface area contributed by atoms with Gasteiger partial charge in [-0.25, -0.2) is 0 Å². The van der Waals surface area contributed by atoms with E-state index >= 15 is 0 Å². The predicted molar refractivity (Wildman–Crippen MR) is 188 cm³/mol. The zero-order valence-corrected chi connectivity index (χ0v) is 32.7. The van der Waals surface area contributed by atoms with Gasteiger partial charge in [0.25, 0.3) is 0 Å². The maximum Gasteiger partial charge on any atom is -1.00 e. The van der Waals surface area contributed by atoms with Gasteiger partial charge in [0.15, 0.2) is 0 Å². The van der Waals surface area contributed by atoms with E-state index in [9.17, 15) is 26.3 Å². The third kappa shape index (κ3) is 7.35. The quantitative estimate of drug-likeness (QED) is 0.125. The second-order valence-corrected chi connectivity index (χ2v) is 22.6. The van der Waals surface area contributed by atoms with Crippen LogP contribution in [-0.2, 0) is 28.9 Å². The minimum Gasteiger partial charge on any atom is -1.00 e. The van der Waals surface area contributed by atoms with Gasteiger partial charge in [0, 0.05) is 0 Å². The molecule has 3 aliphatic rings. The van der Waals surface area contributed by atoms with Crippen LogP contribution in [0.1, 0.15) is 88.8 Å². The summed E-state index contributed by atoms with van der Waals surface area (Å²) in [4.78, 5) is 0. The molecular weight excluding hydrogens is 749 g/mol. The fourth-order valence-corrected chi connectivity index (χ4v) is 18.9. The molecule has 2 unspecified atom stereocenters. The minimum atomic E-state index is -4.39. The van der Waals surface area contributed by atoms with Crippen LogP contribution >= 0.6 is 0 Å². The van der Waals surface area contributed by atoms with Crippen LogP contribution in [0, 0.1) is 11.8 Å². The van der Waals surface area contributed by atoms with Crippen LogP contribution in [0.4, 0.5) is 26.3 Å². The second-order valence-electron chi connectivity index (χ2n) is 15.4. The number of benzene rings is 4. The van der Waals surface area contributed by atoms with Gasteiger partial charge < -0.3 is 24.8 Å². The first-order chi connectivity index (χ1) is 23.7. The minimum absolute atomic E-state index is 0. The van der Waals surface area contributed by atoms with Crippen molar-refractivity contribution >= 4 is 12.2 Å². The van der Waals surface area contributed by atoms with Crippen molar-refractivity contribution in [3.63, 3.8) is 0 Å². The molecule has 1 aliphatic heterocycles. The summed E-state index contributed by atoms with van der Waals surface area (Å²) < 4.78 is 83.7. The molecule has 52 heavy (non-hydrogen) atoms. The Bertz CT molecular complexity index is 1830. The zero-order chi connectivity index (χ0) is 35.6. The fraction of sp³-hybridized carbons (Fsp3) is 0.349. The normalized spacial score (nSPS) is 18.3. The van der Waals surface area contributed by atoms with Crippen LogP contribution < -0.4 is 24.8 Å². The number of halogens is 8. The number of rotatable bonds is 8. The van der Waals surface area contributed by atoms with E-state index in [1.807, 2.05) is 12.1 Å². The Morgan fingerprint density at radius 2 is 0.923 bits per heavy atom. The van der Waals surface area contributed by atoms with E-state index in [-0.39, 0.29) is 24.8 Å². The SMILES string of the molecule is CC(C)CC1=Cc2c(-c3ccc(C(F)(F)F)cc3)cccc2[CH]1[Ti+2]1([CH]2C(CC(C)C)=Cc3c(-c4ccc(C(F)(F)F)cc4)cccc32)[CH2]C[CH2]1.[Cl-].[Cl-]. The smallest absolute Gasteiger partial charge is 1.00 e. The molecule has 4 aromatic rings. The summed E-state index contributed by atoms with van der Waals surface area (Å²) in [6, 6.07) is 23.9. The van der Waals surface area contributed by atoms with Crippen molar-refractivity contribution in [2.24, 2.45) is 11.8 Å². The van der Waals surface area contributed by atoms with Gasteiger partial charge in [0.1, 0.15) is 0 Å². The average molecular weight is 792 g/mol. The van der Waals surface area contributed by atoms with Crippen molar-refractivity contribution in [2.45, 2.75) is 77.2 Å². The van der Waals surface area contributed by atoms with Gasteiger partial charge in [0.2, 0.25) is 0 Å². The standard InChI is InChI=1S/2C20H18F3.C3H6.2ClH.Ti/c2*1-13(2)10-14-11-16-4-3-5-18(19(16)12-14)15-6-8-17(9-7-15)20(21,22)23;1-3-2;;;/h2*3-9,11-13H,10H2,1-2H3;1-3H2;2*1H;/q;;;;;+2/p-2. The molecule has 2 aliphatic carbocycles. The Balaban J connectivity index is 0.00000261. The molecule has 4 aromatic carbocycles. The number of fused-ring (bicyclic) bond motifs is 2. The largest absolute Gasteiger partial charge is 1.00 e. The summed E-state index contributed by atoms with van der Waals surface area (Å²) in [7, 11) is 0. The summed E-state index contributed by atoms with van der Waals surface area (Å²) in [5.41, 5.74) is 10.1. The first kappa shape index (κ1) is 40.4. The van der Waals surface area contributed by atoms with Crippen LogP contribution in [0.3, 0.4) is 0 Å². The Morgan fingerprint density at radius 1 is 0.558 bits per heavy atom. The molecule has 1 saturated heterocycles. The van der Waals surface area contributed by atoms with Gasteiger partial charge in [-0.1, -0.05) is 0 Å². The molecule has 0 aromatic heterocycles. The monoisotopic (exact) mass is 790 g/mol. The van der Waals surface area contributed by atoms with E-state index < -0.39 is 40.1 Å². The van der Waals surface area contributed by atoms with Gasteiger partial charge >= 0.3 is 296 Å². The Labute approximate surface area is 319 Å². The Kier molecular flexibility index (Phi) is 11.8. The molecule has 7 rings (SSSR count). The van der Waals surface area contributed by atoms with Crippen molar-refractivity contribution in [3.8, 4) is 22.3 Å². The molecule has 1 fully saturated rings. The summed E-state index contributed by atoms with van der Waals surface area (Å²) in [6.45, 7) is 9.01. The summed E-state index contributed by atoms with van der Waals surface area (Å²) >= 11 is -2.92. The third-order valence-electron chi connectivity index (χ3n) is 11.1. The van der Waals surface area contributed by atoms with Crippen molar-refractivity contribution in [1.82, 2.24) is 0 Å². The molecule has 0 saturated carbocycles. The van der Waals surface area contributed by atoms with Crippen molar-refractivity contribution < 1.29 is 67.7 Å². The first-order valence-electron chi connectivity index (χ1n) is 17.7. The van der Waals surface area contributed by atoms with E-state index in [1.54, 1.807) is 24.3 Å². The van der Waals surface area contributed by atoms with E-state index in [2.05, 4.69) is 64.1 Å². The fourth-order valence-electron chi connectivity index (χ4n) is 9.09.